The molecule has 296 valence electrons. The van der Waals surface area contributed by atoms with Crippen molar-refractivity contribution in [3.8, 4) is 0 Å². The Labute approximate surface area is 328 Å². The van der Waals surface area contributed by atoms with Crippen LogP contribution in [0.4, 0.5) is 0 Å². The molecular weight excluding hydrogens is 647 g/mol. The van der Waals surface area contributed by atoms with Crippen LogP contribution in [0.25, 0.3) is 0 Å². The smallest absolute Gasteiger partial charge is 0.168 e. The number of ether oxygens (including phenoxy) is 2. The average Bonchev–Trinajstić information content (AvgIpc) is 3.57. The molecule has 1 aliphatic rings. The number of unbranched alkanes of at least 4 members (excludes halogenated alkanes) is 4. The first-order valence-corrected chi connectivity index (χ1v) is 21.2. The summed E-state index contributed by atoms with van der Waals surface area (Å²) < 4.78 is 13.1. The van der Waals surface area contributed by atoms with Gasteiger partial charge in [-0.2, -0.15) is 0 Å². The fourth-order valence-electron chi connectivity index (χ4n) is 5.85. The highest BCUT2D eigenvalue weighted by molar-refractivity contribution is 5.02. The van der Waals surface area contributed by atoms with Crippen LogP contribution in [0.3, 0.4) is 0 Å². The maximum Gasteiger partial charge on any atom is 0.168 e. The zero-order valence-corrected chi connectivity index (χ0v) is 34.6. The Bertz CT molecular complexity index is 1160. The molecule has 0 bridgehead atoms. The van der Waals surface area contributed by atoms with E-state index >= 15 is 0 Å². The molecule has 53 heavy (non-hydrogen) atoms. The van der Waals surface area contributed by atoms with Crippen molar-refractivity contribution in [2.75, 3.05) is 27.2 Å². The van der Waals surface area contributed by atoms with Crippen molar-refractivity contribution in [3.63, 3.8) is 0 Å². The number of hydrogen-bond donors (Lipinski definition) is 0. The van der Waals surface area contributed by atoms with Gasteiger partial charge in [0.25, 0.3) is 0 Å². The van der Waals surface area contributed by atoms with Crippen LogP contribution in [0.15, 0.2) is 134 Å². The molecule has 1 heterocycles. The van der Waals surface area contributed by atoms with Gasteiger partial charge in [-0.05, 0) is 130 Å². The molecule has 3 nitrogen and oxygen atoms in total. The van der Waals surface area contributed by atoms with Crippen LogP contribution in [0.5, 0.6) is 0 Å². The van der Waals surface area contributed by atoms with E-state index < -0.39 is 5.79 Å². The summed E-state index contributed by atoms with van der Waals surface area (Å²) in [6, 6.07) is 0. The Balaban J connectivity index is 2.26. The van der Waals surface area contributed by atoms with Gasteiger partial charge in [0, 0.05) is 19.4 Å². The van der Waals surface area contributed by atoms with E-state index in [1.54, 1.807) is 0 Å². The van der Waals surface area contributed by atoms with Crippen LogP contribution in [0, 0.1) is 0 Å². The molecule has 0 aromatic carbocycles. The predicted molar refractivity (Wildman–Crippen MR) is 236 cm³/mol. The molecule has 0 saturated carbocycles. The minimum atomic E-state index is -0.420. The Kier molecular flexibility index (Phi) is 33.8. The van der Waals surface area contributed by atoms with E-state index in [-0.39, 0.29) is 6.10 Å². The molecule has 0 aliphatic carbocycles. The van der Waals surface area contributed by atoms with E-state index in [4.69, 9.17) is 9.47 Å². The van der Waals surface area contributed by atoms with Gasteiger partial charge in [0.2, 0.25) is 0 Å². The van der Waals surface area contributed by atoms with Crippen molar-refractivity contribution in [2.24, 2.45) is 0 Å². The third-order valence-corrected chi connectivity index (χ3v) is 8.89. The lowest BCUT2D eigenvalue weighted by Gasteiger charge is -2.28. The van der Waals surface area contributed by atoms with E-state index in [1.165, 1.54) is 12.8 Å². The van der Waals surface area contributed by atoms with Gasteiger partial charge in [0.15, 0.2) is 5.79 Å². The third kappa shape index (κ3) is 32.2. The van der Waals surface area contributed by atoms with Crippen molar-refractivity contribution in [2.45, 2.75) is 154 Å². The molecule has 3 heteroatoms. The lowest BCUT2D eigenvalue weighted by molar-refractivity contribution is -0.179. The molecule has 0 radical (unpaired) electrons. The summed E-state index contributed by atoms with van der Waals surface area (Å²) in [5.41, 5.74) is 0. The monoisotopic (exact) mass is 726 g/mol. The van der Waals surface area contributed by atoms with Crippen LogP contribution in [0.1, 0.15) is 142 Å². The van der Waals surface area contributed by atoms with E-state index in [2.05, 4.69) is 167 Å². The highest BCUT2D eigenvalue weighted by Gasteiger charge is 2.40. The van der Waals surface area contributed by atoms with Crippen molar-refractivity contribution >= 4 is 0 Å². The average molecular weight is 726 g/mol. The Morgan fingerprint density at radius 2 is 0.774 bits per heavy atom. The summed E-state index contributed by atoms with van der Waals surface area (Å²) in [6.07, 6.45) is 71.4. The summed E-state index contributed by atoms with van der Waals surface area (Å²) in [4.78, 5) is 2.23. The molecule has 2 unspecified atom stereocenters. The van der Waals surface area contributed by atoms with Crippen LogP contribution in [-0.4, -0.2) is 44.0 Å². The number of rotatable bonds is 33. The second kappa shape index (κ2) is 37.3. The Hall–Kier alpha value is -2.98. The summed E-state index contributed by atoms with van der Waals surface area (Å²) in [6.45, 7) is 6.10. The van der Waals surface area contributed by atoms with Gasteiger partial charge in [-0.25, -0.2) is 0 Å². The van der Waals surface area contributed by atoms with Gasteiger partial charge >= 0.3 is 0 Å². The number of hydrogen-bond acceptors (Lipinski definition) is 3. The molecular formula is C50H79NO2. The van der Waals surface area contributed by atoms with Crippen LogP contribution < -0.4 is 0 Å². The summed E-state index contributed by atoms with van der Waals surface area (Å²) in [5.74, 6) is -0.420. The van der Waals surface area contributed by atoms with Crippen molar-refractivity contribution in [1.82, 2.24) is 4.90 Å². The van der Waals surface area contributed by atoms with Crippen molar-refractivity contribution < 1.29 is 9.47 Å². The van der Waals surface area contributed by atoms with E-state index in [0.717, 1.165) is 129 Å². The maximum absolute atomic E-state index is 6.63. The van der Waals surface area contributed by atoms with Gasteiger partial charge in [-0.3, -0.25) is 0 Å². The lowest BCUT2D eigenvalue weighted by Crippen LogP contribution is -2.31. The van der Waals surface area contributed by atoms with Crippen LogP contribution >= 0.6 is 0 Å². The highest BCUT2D eigenvalue weighted by Crippen LogP contribution is 2.35. The normalized spacial score (nSPS) is 19.2. The number of allylic oxidation sites excluding steroid dienone is 22. The first-order chi connectivity index (χ1) is 26.1. The first kappa shape index (κ1) is 48.0. The largest absolute Gasteiger partial charge is 0.347 e. The van der Waals surface area contributed by atoms with Crippen molar-refractivity contribution in [1.29, 1.82) is 0 Å². The summed E-state index contributed by atoms with van der Waals surface area (Å²) in [7, 11) is 4.25. The fourth-order valence-corrected chi connectivity index (χ4v) is 5.85. The van der Waals surface area contributed by atoms with Gasteiger partial charge in [-0.1, -0.05) is 148 Å². The zero-order valence-electron chi connectivity index (χ0n) is 34.6. The maximum atomic E-state index is 6.63. The van der Waals surface area contributed by atoms with Gasteiger partial charge < -0.3 is 14.4 Å². The quantitative estimate of drug-likeness (QED) is 0.0497. The Morgan fingerprint density at radius 3 is 1.11 bits per heavy atom. The fraction of sp³-hybridized carbons (Fsp3) is 0.560. The summed E-state index contributed by atoms with van der Waals surface area (Å²) in [5, 5.41) is 0. The van der Waals surface area contributed by atoms with Gasteiger partial charge in [0.05, 0.1) is 12.7 Å². The minimum Gasteiger partial charge on any atom is -0.347 e. The zero-order chi connectivity index (χ0) is 38.2. The first-order valence-electron chi connectivity index (χ1n) is 21.2. The van der Waals surface area contributed by atoms with E-state index in [9.17, 15) is 0 Å². The lowest BCUT2D eigenvalue weighted by atomic mass is 10.0. The van der Waals surface area contributed by atoms with Gasteiger partial charge in [-0.15, -0.1) is 0 Å². The number of nitrogens with zero attached hydrogens (tertiary/aromatic N) is 1. The SMILES string of the molecule is CC/C=C\C/C=C\C/C=C\C/C=C\C/C=C\C/C=C\CCCC1(CCC/C=C\C/C=C\C/C=C\CCC/C=C\C/C=C\CC)OCC(CCN(C)C)O1. The molecule has 1 saturated heterocycles. The molecule has 1 rings (SSSR count). The second-order valence-electron chi connectivity index (χ2n) is 14.2. The topological polar surface area (TPSA) is 21.7 Å². The standard InChI is InChI=1S/C50H79NO2/c1-5-7-9-11-13-15-17-19-21-23-25-27-29-31-33-35-37-39-41-43-46-50(52-48-49(53-50)44-47-51(3)4)45-42-40-38-36-34-32-30-28-26-24-22-20-18-16-14-12-10-8-6-2/h7-10,13-16,19,21,24-27,30-33,36-39,49H,5-6,11-12,17-18,20,22-23,28-29,34-35,40-48H2,1-4H3/b9-7-,10-8-,15-13-,16-14-,21-19-,26-24-,27-25-,32-30-,33-31-,38-36-,39-37-. The van der Waals surface area contributed by atoms with Crippen molar-refractivity contribution in [3.05, 3.63) is 134 Å². The van der Waals surface area contributed by atoms with Gasteiger partial charge in [0.1, 0.15) is 0 Å². The second-order valence-corrected chi connectivity index (χ2v) is 14.2. The minimum absolute atomic E-state index is 0.202. The predicted octanol–water partition coefficient (Wildman–Crippen LogP) is 14.6. The molecule has 0 aromatic rings. The highest BCUT2D eigenvalue weighted by atomic mass is 16.7. The van der Waals surface area contributed by atoms with E-state index in [1.807, 2.05) is 0 Å². The third-order valence-electron chi connectivity index (χ3n) is 8.89. The molecule has 0 aromatic heterocycles. The van der Waals surface area contributed by atoms with E-state index in [0.29, 0.717) is 0 Å². The van der Waals surface area contributed by atoms with Crippen LogP contribution in [-0.2, 0) is 9.47 Å². The molecule has 0 spiro atoms. The van der Waals surface area contributed by atoms with Crippen LogP contribution in [0.2, 0.25) is 0 Å². The Morgan fingerprint density at radius 1 is 0.453 bits per heavy atom. The molecule has 1 aliphatic heterocycles. The molecule has 0 N–H and O–H groups in total. The molecule has 1 fully saturated rings. The summed E-state index contributed by atoms with van der Waals surface area (Å²) >= 11 is 0. The molecule has 2 atom stereocenters. The molecule has 0 amide bonds.